The lowest BCUT2D eigenvalue weighted by atomic mass is 9.64. The summed E-state index contributed by atoms with van der Waals surface area (Å²) in [6, 6.07) is 38.1. The highest BCUT2D eigenvalue weighted by Crippen LogP contribution is 2.61. The molecule has 5 aromatic rings. The van der Waals surface area contributed by atoms with E-state index in [-0.39, 0.29) is 0 Å². The lowest BCUT2D eigenvalue weighted by Gasteiger charge is -2.45. The van der Waals surface area contributed by atoms with Gasteiger partial charge in [-0.05, 0) is 82.1 Å². The van der Waals surface area contributed by atoms with E-state index in [1.165, 1.54) is 53.0 Å². The molecule has 0 atom stereocenters. The van der Waals surface area contributed by atoms with E-state index >= 15 is 0 Å². The van der Waals surface area contributed by atoms with Gasteiger partial charge in [0.25, 0.3) is 0 Å². The summed E-state index contributed by atoms with van der Waals surface area (Å²) in [6.45, 7) is 0.841. The third-order valence-corrected chi connectivity index (χ3v) is 10.2. The first-order valence-electron chi connectivity index (χ1n) is 13.2. The summed E-state index contributed by atoms with van der Waals surface area (Å²) in [7, 11) is 0. The van der Waals surface area contributed by atoms with E-state index in [1.54, 1.807) is 0 Å². The largest absolute Gasteiger partial charge is 0.387 e. The van der Waals surface area contributed by atoms with Gasteiger partial charge in [-0.3, -0.25) is 4.98 Å². The molecule has 0 fully saturated rings. The van der Waals surface area contributed by atoms with Crippen molar-refractivity contribution < 1.29 is 0 Å². The van der Waals surface area contributed by atoms with Gasteiger partial charge in [0.05, 0.1) is 11.1 Å². The quantitative estimate of drug-likeness (QED) is 0.239. The van der Waals surface area contributed by atoms with Crippen molar-refractivity contribution in [2.24, 2.45) is 0 Å². The highest BCUT2D eigenvalue weighted by Gasteiger charge is 2.48. The fraction of sp³-hybridized carbons (Fsp3) is 0.0571. The van der Waals surface area contributed by atoms with Crippen LogP contribution in [0.1, 0.15) is 27.8 Å². The number of pyridine rings is 1. The minimum Gasteiger partial charge on any atom is -0.387 e. The van der Waals surface area contributed by atoms with Gasteiger partial charge in [0, 0.05) is 37.9 Å². The molecule has 0 bridgehead atoms. The predicted octanol–water partition coefficient (Wildman–Crippen LogP) is 8.56. The van der Waals surface area contributed by atoms with Crippen molar-refractivity contribution >= 4 is 29.1 Å². The molecule has 3 aliphatic heterocycles. The van der Waals surface area contributed by atoms with Crippen LogP contribution in [0.4, 0.5) is 0 Å². The van der Waals surface area contributed by atoms with E-state index in [1.807, 2.05) is 42.0 Å². The molecule has 4 heterocycles. The van der Waals surface area contributed by atoms with Gasteiger partial charge in [-0.1, -0.05) is 96.3 Å². The first kappa shape index (κ1) is 22.9. The number of nitrogens with zero attached hydrogens (tertiary/aromatic N) is 1. The summed E-state index contributed by atoms with van der Waals surface area (Å²) in [6.07, 6.45) is 8.19. The topological polar surface area (TPSA) is 24.9 Å². The molecule has 1 spiro atoms. The van der Waals surface area contributed by atoms with Crippen molar-refractivity contribution in [1.29, 1.82) is 0 Å². The Kier molecular flexibility index (Phi) is 5.32. The summed E-state index contributed by atoms with van der Waals surface area (Å²) in [5, 5.41) is 3.37. The van der Waals surface area contributed by atoms with Crippen LogP contribution in [0.2, 0.25) is 0 Å². The monoisotopic (exact) mass is 536 g/mol. The third kappa shape index (κ3) is 3.48. The second-order valence-corrected chi connectivity index (χ2v) is 12.2. The van der Waals surface area contributed by atoms with E-state index in [2.05, 4.69) is 120 Å². The van der Waals surface area contributed by atoms with Crippen molar-refractivity contribution in [2.75, 3.05) is 6.54 Å². The van der Waals surface area contributed by atoms with Crippen LogP contribution in [0.3, 0.4) is 0 Å². The maximum Gasteiger partial charge on any atom is 0.0745 e. The first-order valence-corrected chi connectivity index (χ1v) is 14.8. The Hall–Kier alpha value is -3.99. The molecule has 0 saturated heterocycles. The van der Waals surface area contributed by atoms with Crippen molar-refractivity contribution in [3.8, 4) is 11.3 Å². The molecule has 8 rings (SSSR count). The second kappa shape index (κ2) is 9.04. The van der Waals surface area contributed by atoms with Gasteiger partial charge in [0.1, 0.15) is 0 Å². The van der Waals surface area contributed by atoms with E-state index in [0.29, 0.717) is 0 Å². The van der Waals surface area contributed by atoms with E-state index in [0.717, 1.165) is 17.8 Å². The molecule has 39 heavy (non-hydrogen) atoms. The normalized spacial score (nSPS) is 15.8. The first-order chi connectivity index (χ1) is 19.3. The van der Waals surface area contributed by atoms with E-state index in [9.17, 15) is 0 Å². The minimum absolute atomic E-state index is 0.394. The molecule has 0 unspecified atom stereocenters. The maximum atomic E-state index is 4.66. The highest BCUT2D eigenvalue weighted by molar-refractivity contribution is 8.00. The van der Waals surface area contributed by atoms with Crippen LogP contribution in [0.15, 0.2) is 147 Å². The molecule has 0 radical (unpaired) electrons. The van der Waals surface area contributed by atoms with Gasteiger partial charge in [-0.2, -0.15) is 0 Å². The number of fused-ring (bicyclic) bond motifs is 8. The van der Waals surface area contributed by atoms with Crippen molar-refractivity contribution in [3.05, 3.63) is 155 Å². The Bertz CT molecular complexity index is 1770. The van der Waals surface area contributed by atoms with E-state index < -0.39 is 5.41 Å². The van der Waals surface area contributed by atoms with Crippen molar-refractivity contribution in [3.63, 3.8) is 0 Å². The molecule has 0 saturated carbocycles. The lowest BCUT2D eigenvalue weighted by molar-refractivity contribution is 0.667. The molecule has 0 amide bonds. The Balaban J connectivity index is 1.45. The van der Waals surface area contributed by atoms with Crippen molar-refractivity contribution in [2.45, 2.75) is 25.0 Å². The fourth-order valence-electron chi connectivity index (χ4n) is 6.22. The summed E-state index contributed by atoms with van der Waals surface area (Å²) in [4.78, 5) is 9.90. The van der Waals surface area contributed by atoms with Crippen LogP contribution < -0.4 is 5.32 Å². The summed E-state index contributed by atoms with van der Waals surface area (Å²) in [5.74, 6) is 0. The van der Waals surface area contributed by atoms with Crippen LogP contribution in [0.5, 0.6) is 0 Å². The number of hydrogen-bond acceptors (Lipinski definition) is 4. The number of dihydropyridines is 1. The number of hydrogen-bond donors (Lipinski definition) is 1. The van der Waals surface area contributed by atoms with Crippen LogP contribution >= 0.6 is 23.5 Å². The number of nitrogens with one attached hydrogen (secondary N) is 1. The summed E-state index contributed by atoms with van der Waals surface area (Å²) >= 11 is 3.77. The van der Waals surface area contributed by atoms with Crippen LogP contribution in [-0.2, 0) is 5.41 Å². The number of allylic oxidation sites excluding steroid dienone is 2. The number of benzene rings is 4. The highest BCUT2D eigenvalue weighted by atomic mass is 32.2. The molecular formula is C35H24N2S2. The van der Waals surface area contributed by atoms with Crippen LogP contribution in [0, 0.1) is 0 Å². The van der Waals surface area contributed by atoms with E-state index in [4.69, 9.17) is 0 Å². The number of rotatable bonds is 2. The predicted molar refractivity (Wildman–Crippen MR) is 161 cm³/mol. The smallest absolute Gasteiger partial charge is 0.0745 e. The second-order valence-electron chi connectivity index (χ2n) is 10.0. The van der Waals surface area contributed by atoms with Crippen LogP contribution in [0.25, 0.3) is 16.8 Å². The molecule has 0 aliphatic carbocycles. The Morgan fingerprint density at radius 1 is 0.615 bits per heavy atom. The molecule has 4 aromatic carbocycles. The molecular weight excluding hydrogens is 513 g/mol. The Morgan fingerprint density at radius 2 is 1.23 bits per heavy atom. The van der Waals surface area contributed by atoms with Gasteiger partial charge < -0.3 is 5.32 Å². The molecule has 1 aromatic heterocycles. The summed E-state index contributed by atoms with van der Waals surface area (Å²) < 4.78 is 0. The SMILES string of the molecule is C1=CNCC(c2ccc3c(c2)Sc2cc(-c4ccccn4)ccc2C32c3ccccc3Sc3ccccc32)=C1. The fourth-order valence-corrected chi connectivity index (χ4v) is 8.69. The van der Waals surface area contributed by atoms with Crippen molar-refractivity contribution in [1.82, 2.24) is 10.3 Å². The standard InChI is InChI=1S/C35H24N2S2/c1-3-12-31-26(9-1)35(27-10-2-4-13-32(27)38-31)28-16-14-23(25-8-7-18-36-22-25)20-33(28)39-34-21-24(15-17-29(34)35)30-11-5-6-19-37-30/h1-21,36H,22H2. The Morgan fingerprint density at radius 3 is 1.90 bits per heavy atom. The van der Waals surface area contributed by atoms with Gasteiger partial charge in [-0.25, -0.2) is 0 Å². The zero-order chi connectivity index (χ0) is 25.8. The van der Waals surface area contributed by atoms with Gasteiger partial charge in [0.2, 0.25) is 0 Å². The van der Waals surface area contributed by atoms with Gasteiger partial charge in [0.15, 0.2) is 0 Å². The zero-order valence-corrected chi connectivity index (χ0v) is 22.7. The average molecular weight is 537 g/mol. The lowest BCUT2D eigenvalue weighted by Crippen LogP contribution is -2.36. The van der Waals surface area contributed by atoms with Crippen LogP contribution in [-0.4, -0.2) is 11.5 Å². The third-order valence-electron chi connectivity index (χ3n) is 7.93. The van der Waals surface area contributed by atoms with Gasteiger partial charge in [-0.15, -0.1) is 0 Å². The molecule has 2 nitrogen and oxygen atoms in total. The molecule has 4 heteroatoms. The molecule has 186 valence electrons. The minimum atomic E-state index is -0.394. The number of aromatic nitrogens is 1. The molecule has 3 aliphatic rings. The van der Waals surface area contributed by atoms with Gasteiger partial charge >= 0.3 is 0 Å². The summed E-state index contributed by atoms with van der Waals surface area (Å²) in [5.41, 5.74) is 9.74. The average Bonchev–Trinajstić information content (AvgIpc) is 3.01. The Labute approximate surface area is 236 Å². The molecule has 1 N–H and O–H groups in total. The zero-order valence-electron chi connectivity index (χ0n) is 21.1. The maximum absolute atomic E-state index is 4.66.